The molecule has 2 N–H and O–H groups in total. The molecule has 1 saturated heterocycles. The fraction of sp³-hybridized carbons (Fsp3) is 0.875. The minimum absolute atomic E-state index is 0. The third-order valence-electron chi connectivity index (χ3n) is 4.78. The summed E-state index contributed by atoms with van der Waals surface area (Å²) in [4.78, 5) is 24.7. The van der Waals surface area contributed by atoms with Gasteiger partial charge in [-0.2, -0.15) is 0 Å². The van der Waals surface area contributed by atoms with Crippen LogP contribution in [0.1, 0.15) is 45.4 Å². The van der Waals surface area contributed by atoms with Gasteiger partial charge in [0.1, 0.15) is 6.04 Å². The molecule has 134 valence electrons. The number of carbonyl (C=O) groups is 2. The Morgan fingerprint density at radius 2 is 1.96 bits per heavy atom. The van der Waals surface area contributed by atoms with Crippen molar-refractivity contribution in [2.75, 3.05) is 26.2 Å². The summed E-state index contributed by atoms with van der Waals surface area (Å²) in [7, 11) is 0. The number of rotatable bonds is 7. The topological polar surface area (TPSA) is 78.9 Å². The molecule has 1 aliphatic carbocycles. The van der Waals surface area contributed by atoms with E-state index in [4.69, 9.17) is 9.84 Å². The Bertz CT molecular complexity index is 394. The summed E-state index contributed by atoms with van der Waals surface area (Å²) >= 11 is 0. The maximum atomic E-state index is 11.9. The van der Waals surface area contributed by atoms with Crippen LogP contribution < -0.4 is 5.32 Å². The normalized spacial score (nSPS) is 28.1. The molecule has 2 rings (SSSR count). The first kappa shape index (κ1) is 20.2. The van der Waals surface area contributed by atoms with Crippen LogP contribution >= 0.6 is 12.4 Å². The number of ether oxygens (including phenoxy) is 1. The second kappa shape index (κ2) is 10.1. The molecule has 0 aromatic carbocycles. The standard InChI is InChI=1S/C16H28N2O4.ClH/c1-12-5-2-3-7-14(12)22-10-8-17-15(19)11-18-9-4-6-13(18)16(20)21;/h12-14H,2-11H2,1H3,(H,17,19)(H,20,21);1H/t12?,13-,14?;/m1./s1. The first-order valence-electron chi connectivity index (χ1n) is 8.43. The minimum atomic E-state index is -0.833. The van der Waals surface area contributed by atoms with Gasteiger partial charge in [0, 0.05) is 6.54 Å². The summed E-state index contributed by atoms with van der Waals surface area (Å²) in [6, 6.07) is -0.509. The summed E-state index contributed by atoms with van der Waals surface area (Å²) in [6.07, 6.45) is 6.65. The molecule has 23 heavy (non-hydrogen) atoms. The summed E-state index contributed by atoms with van der Waals surface area (Å²) in [5.74, 6) is -0.348. The van der Waals surface area contributed by atoms with Gasteiger partial charge in [-0.1, -0.05) is 19.8 Å². The Morgan fingerprint density at radius 3 is 2.65 bits per heavy atom. The monoisotopic (exact) mass is 348 g/mol. The van der Waals surface area contributed by atoms with Gasteiger partial charge >= 0.3 is 5.97 Å². The molecule has 2 fully saturated rings. The number of carboxylic acid groups (broad SMARTS) is 1. The Kier molecular flexibility index (Phi) is 8.87. The van der Waals surface area contributed by atoms with Crippen LogP contribution in [0.4, 0.5) is 0 Å². The van der Waals surface area contributed by atoms with E-state index in [9.17, 15) is 9.59 Å². The third kappa shape index (κ3) is 6.28. The minimum Gasteiger partial charge on any atom is -0.480 e. The van der Waals surface area contributed by atoms with E-state index in [-0.39, 0.29) is 24.9 Å². The number of nitrogens with one attached hydrogen (secondary N) is 1. The second-order valence-electron chi connectivity index (χ2n) is 6.49. The van der Waals surface area contributed by atoms with Crippen LogP contribution in [0.15, 0.2) is 0 Å². The number of likely N-dealkylation sites (tertiary alicyclic amines) is 1. The highest BCUT2D eigenvalue weighted by Gasteiger charge is 2.31. The van der Waals surface area contributed by atoms with Crippen molar-refractivity contribution >= 4 is 24.3 Å². The molecule has 1 saturated carbocycles. The lowest BCUT2D eigenvalue weighted by molar-refractivity contribution is -0.142. The number of aliphatic carboxylic acids is 1. The molecule has 1 aliphatic heterocycles. The van der Waals surface area contributed by atoms with Gasteiger partial charge in [-0.3, -0.25) is 14.5 Å². The first-order chi connectivity index (χ1) is 10.6. The van der Waals surface area contributed by atoms with Crippen LogP contribution in [0, 0.1) is 5.92 Å². The van der Waals surface area contributed by atoms with Gasteiger partial charge in [0.15, 0.2) is 0 Å². The van der Waals surface area contributed by atoms with Crippen molar-refractivity contribution in [3.63, 3.8) is 0 Å². The Labute approximate surface area is 144 Å². The highest BCUT2D eigenvalue weighted by Crippen LogP contribution is 2.25. The molecule has 0 radical (unpaired) electrons. The first-order valence-corrected chi connectivity index (χ1v) is 8.43. The second-order valence-corrected chi connectivity index (χ2v) is 6.49. The SMILES string of the molecule is CC1CCCCC1OCCNC(=O)CN1CCC[C@@H]1C(=O)O.Cl. The number of halogens is 1. The number of nitrogens with zero attached hydrogens (tertiary/aromatic N) is 1. The van der Waals surface area contributed by atoms with Gasteiger partial charge in [-0.05, 0) is 38.1 Å². The molecule has 3 atom stereocenters. The molecule has 0 aromatic heterocycles. The molecule has 0 aromatic rings. The quantitative estimate of drug-likeness (QED) is 0.684. The lowest BCUT2D eigenvalue weighted by Crippen LogP contribution is -2.43. The zero-order valence-corrected chi connectivity index (χ0v) is 14.6. The van der Waals surface area contributed by atoms with Crippen LogP contribution in [-0.2, 0) is 14.3 Å². The smallest absolute Gasteiger partial charge is 0.320 e. The zero-order valence-electron chi connectivity index (χ0n) is 13.8. The molecular weight excluding hydrogens is 320 g/mol. The van der Waals surface area contributed by atoms with Crippen LogP contribution in [0.3, 0.4) is 0 Å². The van der Waals surface area contributed by atoms with Gasteiger partial charge < -0.3 is 15.2 Å². The average Bonchev–Trinajstić information content (AvgIpc) is 2.93. The van der Waals surface area contributed by atoms with Gasteiger partial charge in [-0.15, -0.1) is 12.4 Å². The number of carbonyl (C=O) groups excluding carboxylic acids is 1. The van der Waals surface area contributed by atoms with E-state index >= 15 is 0 Å². The van der Waals surface area contributed by atoms with Gasteiger partial charge in [0.2, 0.25) is 5.91 Å². The van der Waals surface area contributed by atoms with E-state index in [1.807, 2.05) is 0 Å². The maximum absolute atomic E-state index is 11.9. The van der Waals surface area contributed by atoms with E-state index in [2.05, 4.69) is 12.2 Å². The van der Waals surface area contributed by atoms with Crippen LogP contribution in [-0.4, -0.2) is 60.3 Å². The van der Waals surface area contributed by atoms with E-state index in [1.165, 1.54) is 19.3 Å². The molecule has 0 spiro atoms. The Morgan fingerprint density at radius 1 is 1.22 bits per heavy atom. The van der Waals surface area contributed by atoms with Crippen molar-refractivity contribution in [1.29, 1.82) is 0 Å². The summed E-state index contributed by atoms with van der Waals surface area (Å²) in [5, 5.41) is 11.9. The van der Waals surface area contributed by atoms with E-state index < -0.39 is 12.0 Å². The molecular formula is C16H29ClN2O4. The van der Waals surface area contributed by atoms with Gasteiger partial charge in [-0.25, -0.2) is 0 Å². The molecule has 1 amide bonds. The van der Waals surface area contributed by atoms with E-state index in [1.54, 1.807) is 4.90 Å². The lowest BCUT2D eigenvalue weighted by Gasteiger charge is -2.28. The Balaban J connectivity index is 0.00000264. The van der Waals surface area contributed by atoms with Gasteiger partial charge in [0.25, 0.3) is 0 Å². The summed E-state index contributed by atoms with van der Waals surface area (Å²) in [5.41, 5.74) is 0. The van der Waals surface area contributed by atoms with Crippen LogP contribution in [0.2, 0.25) is 0 Å². The summed E-state index contributed by atoms with van der Waals surface area (Å²) in [6.45, 7) is 4.09. The fourth-order valence-electron chi connectivity index (χ4n) is 3.47. The summed E-state index contributed by atoms with van der Waals surface area (Å²) < 4.78 is 5.85. The third-order valence-corrected chi connectivity index (χ3v) is 4.78. The van der Waals surface area contributed by atoms with Crippen molar-refractivity contribution in [2.24, 2.45) is 5.92 Å². The van der Waals surface area contributed by atoms with Crippen molar-refractivity contribution in [3.05, 3.63) is 0 Å². The zero-order chi connectivity index (χ0) is 15.9. The van der Waals surface area contributed by atoms with Crippen LogP contribution in [0.5, 0.6) is 0 Å². The highest BCUT2D eigenvalue weighted by molar-refractivity contribution is 5.85. The van der Waals surface area contributed by atoms with Crippen molar-refractivity contribution < 1.29 is 19.4 Å². The lowest BCUT2D eigenvalue weighted by atomic mass is 9.88. The van der Waals surface area contributed by atoms with E-state index in [0.29, 0.717) is 38.1 Å². The predicted octanol–water partition coefficient (Wildman–Crippen LogP) is 1.67. The molecule has 0 bridgehead atoms. The molecule has 1 heterocycles. The number of hydrogen-bond donors (Lipinski definition) is 2. The highest BCUT2D eigenvalue weighted by atomic mass is 35.5. The molecule has 2 unspecified atom stereocenters. The van der Waals surface area contributed by atoms with Crippen molar-refractivity contribution in [1.82, 2.24) is 10.2 Å². The average molecular weight is 349 g/mol. The molecule has 2 aliphatic rings. The van der Waals surface area contributed by atoms with Crippen LogP contribution in [0.25, 0.3) is 0 Å². The fourth-order valence-corrected chi connectivity index (χ4v) is 3.47. The van der Waals surface area contributed by atoms with Crippen molar-refractivity contribution in [3.8, 4) is 0 Å². The Hall–Kier alpha value is -0.850. The number of carboxylic acids is 1. The number of hydrogen-bond acceptors (Lipinski definition) is 4. The molecule has 7 heteroatoms. The van der Waals surface area contributed by atoms with Crippen molar-refractivity contribution in [2.45, 2.75) is 57.6 Å². The largest absolute Gasteiger partial charge is 0.480 e. The molecule has 6 nitrogen and oxygen atoms in total. The number of amides is 1. The maximum Gasteiger partial charge on any atom is 0.320 e. The van der Waals surface area contributed by atoms with E-state index in [0.717, 1.165) is 12.8 Å². The van der Waals surface area contributed by atoms with Gasteiger partial charge in [0.05, 0.1) is 19.3 Å². The predicted molar refractivity (Wildman–Crippen MR) is 89.9 cm³/mol.